The van der Waals surface area contributed by atoms with E-state index in [4.69, 9.17) is 0 Å². The fourth-order valence-corrected chi connectivity index (χ4v) is 5.76. The summed E-state index contributed by atoms with van der Waals surface area (Å²) in [6, 6.07) is 0. The number of hydrogen-bond acceptors (Lipinski definition) is 10. The van der Waals surface area contributed by atoms with Crippen molar-refractivity contribution in [2.24, 2.45) is 0 Å². The molecule has 0 atom stereocenters. The van der Waals surface area contributed by atoms with E-state index in [1.165, 1.54) is 13.8 Å². The molecule has 0 fully saturated rings. The third-order valence-electron chi connectivity index (χ3n) is 1.46. The van der Waals surface area contributed by atoms with Crippen LogP contribution in [0.3, 0.4) is 0 Å². The lowest BCUT2D eigenvalue weighted by Gasteiger charge is -2.24. The molecule has 19 heavy (non-hydrogen) atoms. The van der Waals surface area contributed by atoms with E-state index >= 15 is 0 Å². The average Bonchev–Trinajstić information content (AvgIpc) is 2.37. The summed E-state index contributed by atoms with van der Waals surface area (Å²) in [5.74, 6) is -1.78. The second kappa shape index (κ2) is 8.77. The predicted octanol–water partition coefficient (Wildman–Crippen LogP) is 1.88. The van der Waals surface area contributed by atoms with E-state index in [-0.39, 0.29) is 10.2 Å². The van der Waals surface area contributed by atoms with E-state index in [9.17, 15) is 19.2 Å². The molecule has 0 amide bonds. The summed E-state index contributed by atoms with van der Waals surface area (Å²) in [4.78, 5) is 45.7. The highest BCUT2D eigenvalue weighted by atomic mass is 33.1. The zero-order valence-electron chi connectivity index (χ0n) is 10.6. The van der Waals surface area contributed by atoms with Crippen molar-refractivity contribution in [1.82, 2.24) is 0 Å². The standard InChI is InChI=1S/C9H12O6S4/c1-5(10)16-18-9(7(12)14-3,8(13)15-4)19-17-6(2)11/h1-4H3. The summed E-state index contributed by atoms with van der Waals surface area (Å²) in [6.45, 7) is 2.58. The van der Waals surface area contributed by atoms with Gasteiger partial charge in [0.05, 0.1) is 14.2 Å². The maximum absolute atomic E-state index is 11.8. The summed E-state index contributed by atoms with van der Waals surface area (Å²) < 4.78 is 7.32. The minimum atomic E-state index is -1.82. The topological polar surface area (TPSA) is 86.7 Å². The Hall–Kier alpha value is -0.320. The van der Waals surface area contributed by atoms with Gasteiger partial charge in [-0.15, -0.1) is 0 Å². The van der Waals surface area contributed by atoms with Gasteiger partial charge in [0.1, 0.15) is 0 Å². The van der Waals surface area contributed by atoms with Crippen molar-refractivity contribution < 1.29 is 28.7 Å². The van der Waals surface area contributed by atoms with Crippen LogP contribution in [0.1, 0.15) is 13.8 Å². The third-order valence-corrected chi connectivity index (χ3v) is 7.77. The van der Waals surface area contributed by atoms with Crippen LogP contribution in [-0.2, 0) is 28.7 Å². The molecule has 0 saturated carbocycles. The molecule has 0 radical (unpaired) electrons. The first kappa shape index (κ1) is 18.7. The van der Waals surface area contributed by atoms with E-state index < -0.39 is 16.0 Å². The summed E-state index contributed by atoms with van der Waals surface area (Å²) >= 11 is 0. The van der Waals surface area contributed by atoms with Gasteiger partial charge < -0.3 is 9.47 Å². The number of methoxy groups -OCH3 is 2. The lowest BCUT2D eigenvalue weighted by atomic mass is 10.4. The number of hydrogen-bond donors (Lipinski definition) is 0. The van der Waals surface area contributed by atoms with Gasteiger partial charge >= 0.3 is 11.9 Å². The van der Waals surface area contributed by atoms with E-state index in [1.807, 2.05) is 0 Å². The van der Waals surface area contributed by atoms with Gasteiger partial charge in [0.2, 0.25) is 0 Å². The van der Waals surface area contributed by atoms with Gasteiger partial charge in [0.15, 0.2) is 10.2 Å². The molecule has 0 unspecified atom stereocenters. The molecule has 0 aromatic heterocycles. The van der Waals surface area contributed by atoms with E-state index in [2.05, 4.69) is 9.47 Å². The molecule has 10 heteroatoms. The van der Waals surface area contributed by atoms with Crippen LogP contribution in [0.5, 0.6) is 0 Å². The maximum Gasteiger partial charge on any atom is 0.345 e. The van der Waals surface area contributed by atoms with Gasteiger partial charge in [0.25, 0.3) is 4.08 Å². The largest absolute Gasteiger partial charge is 0.467 e. The molecule has 0 spiro atoms. The van der Waals surface area contributed by atoms with Gasteiger partial charge in [-0.25, -0.2) is 9.59 Å². The first-order valence-electron chi connectivity index (χ1n) is 4.69. The second-order valence-electron chi connectivity index (χ2n) is 2.92. The Morgan fingerprint density at radius 3 is 1.32 bits per heavy atom. The number of carbonyl (C=O) groups is 4. The molecule has 0 heterocycles. The van der Waals surface area contributed by atoms with Gasteiger partial charge in [-0.05, 0) is 43.2 Å². The second-order valence-corrected chi connectivity index (χ2v) is 8.22. The summed E-state index contributed by atoms with van der Waals surface area (Å²) in [5.41, 5.74) is 0. The van der Waals surface area contributed by atoms with Crippen molar-refractivity contribution in [3.8, 4) is 0 Å². The van der Waals surface area contributed by atoms with Crippen molar-refractivity contribution >= 4 is 65.3 Å². The average molecular weight is 344 g/mol. The molecule has 108 valence electrons. The predicted molar refractivity (Wildman–Crippen MR) is 78.5 cm³/mol. The molecule has 0 aromatic rings. The van der Waals surface area contributed by atoms with Gasteiger partial charge in [-0.3, -0.25) is 9.59 Å². The number of rotatable bonds is 6. The number of carbonyl (C=O) groups excluding carboxylic acids is 4. The lowest BCUT2D eigenvalue weighted by Crippen LogP contribution is -2.41. The normalized spacial score (nSPS) is 10.7. The third kappa shape index (κ3) is 5.67. The first-order valence-corrected chi connectivity index (χ1v) is 8.99. The van der Waals surface area contributed by atoms with E-state index in [0.29, 0.717) is 43.2 Å². The highest BCUT2D eigenvalue weighted by molar-refractivity contribution is 8.91. The van der Waals surface area contributed by atoms with Crippen molar-refractivity contribution in [2.45, 2.75) is 17.9 Å². The van der Waals surface area contributed by atoms with Crippen LogP contribution >= 0.6 is 43.2 Å². The van der Waals surface area contributed by atoms with Crippen LogP contribution in [0, 0.1) is 0 Å². The monoisotopic (exact) mass is 344 g/mol. The van der Waals surface area contributed by atoms with Crippen molar-refractivity contribution in [1.29, 1.82) is 0 Å². The molecule has 0 bridgehead atoms. The van der Waals surface area contributed by atoms with Crippen molar-refractivity contribution in [3.05, 3.63) is 0 Å². The van der Waals surface area contributed by atoms with Crippen LogP contribution in [0.25, 0.3) is 0 Å². The van der Waals surface area contributed by atoms with Crippen LogP contribution in [0.4, 0.5) is 0 Å². The summed E-state index contributed by atoms with van der Waals surface area (Å²) in [5, 5.41) is -0.591. The van der Waals surface area contributed by atoms with Crippen LogP contribution in [0.15, 0.2) is 0 Å². The fourth-order valence-electron chi connectivity index (χ4n) is 0.737. The Bertz CT molecular complexity index is 347. The first-order chi connectivity index (χ1) is 8.80. The van der Waals surface area contributed by atoms with Crippen molar-refractivity contribution in [2.75, 3.05) is 14.2 Å². The van der Waals surface area contributed by atoms with Gasteiger partial charge in [-0.1, -0.05) is 0 Å². The van der Waals surface area contributed by atoms with E-state index in [1.54, 1.807) is 0 Å². The summed E-state index contributed by atoms with van der Waals surface area (Å²) in [6.07, 6.45) is 0. The van der Waals surface area contributed by atoms with Crippen LogP contribution < -0.4 is 0 Å². The Labute approximate surface area is 126 Å². The minimum absolute atomic E-state index is 0.296. The molecule has 0 N–H and O–H groups in total. The Morgan fingerprint density at radius 2 is 1.11 bits per heavy atom. The number of ether oxygens (including phenoxy) is 2. The SMILES string of the molecule is COC(=O)C(SSC(C)=O)(SSC(C)=O)C(=O)OC. The molecule has 0 aliphatic rings. The van der Waals surface area contributed by atoms with Gasteiger partial charge in [0, 0.05) is 13.8 Å². The maximum atomic E-state index is 11.8. The quantitative estimate of drug-likeness (QED) is 0.308. The zero-order chi connectivity index (χ0) is 15.1. The lowest BCUT2D eigenvalue weighted by molar-refractivity contribution is -0.151. The number of esters is 2. The van der Waals surface area contributed by atoms with Gasteiger partial charge in [-0.2, -0.15) is 0 Å². The molecule has 0 aromatic carbocycles. The fraction of sp³-hybridized carbons (Fsp3) is 0.556. The van der Waals surface area contributed by atoms with Crippen molar-refractivity contribution in [3.63, 3.8) is 0 Å². The molecule has 0 saturated heterocycles. The molecular formula is C9H12O6S4. The van der Waals surface area contributed by atoms with Crippen LogP contribution in [0.2, 0.25) is 0 Å². The Balaban J connectivity index is 5.30. The molecule has 0 rings (SSSR count). The zero-order valence-corrected chi connectivity index (χ0v) is 13.8. The molecular weight excluding hydrogens is 332 g/mol. The smallest absolute Gasteiger partial charge is 0.345 e. The molecule has 0 aliphatic heterocycles. The highest BCUT2D eigenvalue weighted by Crippen LogP contribution is 2.51. The van der Waals surface area contributed by atoms with Crippen LogP contribution in [-0.4, -0.2) is 40.5 Å². The highest BCUT2D eigenvalue weighted by Gasteiger charge is 2.52. The Morgan fingerprint density at radius 1 is 0.789 bits per heavy atom. The van der Waals surface area contributed by atoms with E-state index in [0.717, 1.165) is 14.2 Å². The minimum Gasteiger partial charge on any atom is -0.467 e. The molecule has 6 nitrogen and oxygen atoms in total. The Kier molecular flexibility index (Phi) is 8.62. The molecule has 0 aliphatic carbocycles. The summed E-state index contributed by atoms with van der Waals surface area (Å²) in [7, 11) is 5.02.